The van der Waals surface area contributed by atoms with E-state index in [2.05, 4.69) is 4.98 Å². The summed E-state index contributed by atoms with van der Waals surface area (Å²) in [5.74, 6) is -3.82. The summed E-state index contributed by atoms with van der Waals surface area (Å²) in [6.07, 6.45) is -5.08. The molecule has 2 N–H and O–H groups in total. The molecule has 1 unspecified atom stereocenters. The number of oxazole rings is 1. The van der Waals surface area contributed by atoms with Crippen molar-refractivity contribution < 1.29 is 37.4 Å². The molecule has 0 saturated heterocycles. The van der Waals surface area contributed by atoms with Gasteiger partial charge in [-0.25, -0.2) is 4.98 Å². The second-order valence-corrected chi connectivity index (χ2v) is 5.58. The molecule has 0 bridgehead atoms. The number of aliphatic carboxylic acids is 2. The maximum atomic E-state index is 12.6. The van der Waals surface area contributed by atoms with Gasteiger partial charge in [-0.2, -0.15) is 13.2 Å². The zero-order valence-corrected chi connectivity index (χ0v) is 12.1. The molecule has 0 radical (unpaired) electrons. The fourth-order valence-corrected chi connectivity index (χ4v) is 2.66. The molecular formula is C13H10F3NO5S. The highest BCUT2D eigenvalue weighted by Gasteiger charge is 2.31. The van der Waals surface area contributed by atoms with Crippen LogP contribution in [0.5, 0.6) is 0 Å². The lowest BCUT2D eigenvalue weighted by Gasteiger charge is -2.06. The van der Waals surface area contributed by atoms with Gasteiger partial charge in [-0.05, 0) is 18.2 Å². The molecule has 0 aliphatic carbocycles. The molecule has 0 aliphatic rings. The second kappa shape index (κ2) is 6.49. The van der Waals surface area contributed by atoms with Crippen LogP contribution in [0.1, 0.15) is 12.0 Å². The third-order valence-electron chi connectivity index (χ3n) is 2.87. The number of thioether (sulfide) groups is 1. The molecule has 1 heterocycles. The molecule has 2 aromatic rings. The van der Waals surface area contributed by atoms with E-state index in [1.165, 1.54) is 0 Å². The number of carboxylic acids is 2. The summed E-state index contributed by atoms with van der Waals surface area (Å²) in [7, 11) is 0. The number of carboxylic acid groups (broad SMARTS) is 2. The standard InChI is InChI=1S/C13H10F3NO5S/c14-13(15,16)7-1-2-8-9(4-7)22-12(17-8)23-5-6(11(20)21)3-10(18)19/h1-2,4,6H,3,5H2,(H,18,19)(H,20,21). The van der Waals surface area contributed by atoms with Crippen LogP contribution in [0, 0.1) is 5.92 Å². The van der Waals surface area contributed by atoms with E-state index in [0.717, 1.165) is 30.0 Å². The molecular weight excluding hydrogens is 339 g/mol. The third kappa shape index (κ3) is 4.38. The first-order valence-electron chi connectivity index (χ1n) is 6.22. The quantitative estimate of drug-likeness (QED) is 0.773. The lowest BCUT2D eigenvalue weighted by atomic mass is 10.1. The van der Waals surface area contributed by atoms with Crippen LogP contribution in [0.2, 0.25) is 0 Å². The number of hydrogen-bond donors (Lipinski definition) is 2. The Morgan fingerprint density at radius 3 is 2.57 bits per heavy atom. The molecule has 1 aromatic carbocycles. The van der Waals surface area contributed by atoms with Gasteiger partial charge in [0.2, 0.25) is 0 Å². The minimum absolute atomic E-state index is 0.0176. The highest BCUT2D eigenvalue weighted by atomic mass is 32.2. The van der Waals surface area contributed by atoms with Crippen LogP contribution in [0.25, 0.3) is 11.1 Å². The Bertz CT molecular complexity index is 743. The predicted octanol–water partition coefficient (Wildman–Crippen LogP) is 3.11. The summed E-state index contributed by atoms with van der Waals surface area (Å²) in [5, 5.41) is 17.5. The van der Waals surface area contributed by atoms with Crippen LogP contribution in [0.3, 0.4) is 0 Å². The summed E-state index contributed by atoms with van der Waals surface area (Å²) in [5.41, 5.74) is -0.759. The summed E-state index contributed by atoms with van der Waals surface area (Å²) >= 11 is 0.835. The number of carbonyl (C=O) groups is 2. The van der Waals surface area contributed by atoms with Crippen LogP contribution in [0.15, 0.2) is 27.8 Å². The lowest BCUT2D eigenvalue weighted by molar-refractivity contribution is -0.147. The minimum atomic E-state index is -4.51. The van der Waals surface area contributed by atoms with Gasteiger partial charge < -0.3 is 14.6 Å². The van der Waals surface area contributed by atoms with Gasteiger partial charge in [0.05, 0.1) is 17.9 Å². The van der Waals surface area contributed by atoms with Crippen LogP contribution in [0.4, 0.5) is 13.2 Å². The fraction of sp³-hybridized carbons (Fsp3) is 0.308. The third-order valence-corrected chi connectivity index (χ3v) is 3.87. The number of aromatic nitrogens is 1. The van der Waals surface area contributed by atoms with E-state index in [0.29, 0.717) is 0 Å². The van der Waals surface area contributed by atoms with E-state index in [1.54, 1.807) is 0 Å². The Hall–Kier alpha value is -2.23. The van der Waals surface area contributed by atoms with Gasteiger partial charge in [0, 0.05) is 5.75 Å². The topological polar surface area (TPSA) is 101 Å². The molecule has 0 fully saturated rings. The number of fused-ring (bicyclic) bond motifs is 1. The Morgan fingerprint density at radius 1 is 1.30 bits per heavy atom. The number of rotatable bonds is 6. The van der Waals surface area contributed by atoms with Crippen molar-refractivity contribution in [2.75, 3.05) is 5.75 Å². The SMILES string of the molecule is O=C(O)CC(CSc1nc2ccc(C(F)(F)F)cc2o1)C(=O)O. The van der Waals surface area contributed by atoms with Gasteiger partial charge in [-0.1, -0.05) is 11.8 Å². The van der Waals surface area contributed by atoms with E-state index < -0.39 is 36.0 Å². The van der Waals surface area contributed by atoms with Crippen LogP contribution < -0.4 is 0 Å². The molecule has 0 saturated carbocycles. The highest BCUT2D eigenvalue weighted by Crippen LogP contribution is 2.33. The van der Waals surface area contributed by atoms with Gasteiger partial charge >= 0.3 is 18.1 Å². The molecule has 2 rings (SSSR count). The Morgan fingerprint density at radius 2 is 2.00 bits per heavy atom. The molecule has 0 spiro atoms. The number of benzene rings is 1. The molecule has 0 amide bonds. The van der Waals surface area contributed by atoms with Crippen molar-refractivity contribution in [1.29, 1.82) is 0 Å². The summed E-state index contributed by atoms with van der Waals surface area (Å²) in [6.45, 7) is 0. The predicted molar refractivity (Wildman–Crippen MR) is 73.1 cm³/mol. The molecule has 124 valence electrons. The molecule has 6 nitrogen and oxygen atoms in total. The Kier molecular flexibility index (Phi) is 4.83. The highest BCUT2D eigenvalue weighted by molar-refractivity contribution is 7.99. The van der Waals surface area contributed by atoms with Crippen molar-refractivity contribution in [2.24, 2.45) is 5.92 Å². The normalized spacial score (nSPS) is 13.2. The summed E-state index contributed by atoms with van der Waals surface area (Å²) in [4.78, 5) is 25.4. The molecule has 10 heteroatoms. The van der Waals surface area contributed by atoms with Gasteiger partial charge in [0.15, 0.2) is 5.58 Å². The monoisotopic (exact) mass is 349 g/mol. The Labute approximate surface area is 131 Å². The molecule has 1 atom stereocenters. The van der Waals surface area contributed by atoms with Crippen LogP contribution in [-0.4, -0.2) is 32.9 Å². The summed E-state index contributed by atoms with van der Waals surface area (Å²) in [6, 6.07) is 2.82. The lowest BCUT2D eigenvalue weighted by Crippen LogP contribution is -2.20. The van der Waals surface area contributed by atoms with E-state index in [4.69, 9.17) is 14.6 Å². The van der Waals surface area contributed by atoms with Crippen molar-refractivity contribution >= 4 is 34.8 Å². The van der Waals surface area contributed by atoms with Crippen molar-refractivity contribution in [3.8, 4) is 0 Å². The first-order chi connectivity index (χ1) is 10.7. The van der Waals surface area contributed by atoms with Crippen LogP contribution in [-0.2, 0) is 15.8 Å². The first kappa shape index (κ1) is 17.1. The van der Waals surface area contributed by atoms with Crippen molar-refractivity contribution in [1.82, 2.24) is 4.98 Å². The van der Waals surface area contributed by atoms with Gasteiger partial charge in [-0.3, -0.25) is 9.59 Å². The number of hydrogen-bond acceptors (Lipinski definition) is 5. The molecule has 1 aromatic heterocycles. The smallest absolute Gasteiger partial charge is 0.416 e. The van der Waals surface area contributed by atoms with E-state index in [9.17, 15) is 22.8 Å². The second-order valence-electron chi connectivity index (χ2n) is 4.60. The van der Waals surface area contributed by atoms with E-state index in [-0.39, 0.29) is 22.1 Å². The molecule has 0 aliphatic heterocycles. The van der Waals surface area contributed by atoms with Gasteiger partial charge in [0.1, 0.15) is 5.52 Å². The van der Waals surface area contributed by atoms with Gasteiger partial charge in [0.25, 0.3) is 5.22 Å². The zero-order chi connectivity index (χ0) is 17.2. The average Bonchev–Trinajstić information content (AvgIpc) is 2.83. The Balaban J connectivity index is 2.14. The number of halogens is 3. The van der Waals surface area contributed by atoms with E-state index in [1.807, 2.05) is 0 Å². The maximum Gasteiger partial charge on any atom is 0.416 e. The number of alkyl halides is 3. The van der Waals surface area contributed by atoms with Crippen LogP contribution >= 0.6 is 11.8 Å². The van der Waals surface area contributed by atoms with Crippen molar-refractivity contribution in [3.05, 3.63) is 23.8 Å². The average molecular weight is 349 g/mol. The zero-order valence-electron chi connectivity index (χ0n) is 11.3. The first-order valence-corrected chi connectivity index (χ1v) is 7.20. The summed E-state index contributed by atoms with van der Waals surface area (Å²) < 4.78 is 42.9. The van der Waals surface area contributed by atoms with Crippen molar-refractivity contribution in [3.63, 3.8) is 0 Å². The van der Waals surface area contributed by atoms with Gasteiger partial charge in [-0.15, -0.1) is 0 Å². The van der Waals surface area contributed by atoms with Crippen molar-refractivity contribution in [2.45, 2.75) is 17.8 Å². The maximum absolute atomic E-state index is 12.6. The largest absolute Gasteiger partial charge is 0.481 e. The fourth-order valence-electron chi connectivity index (χ4n) is 1.74. The van der Waals surface area contributed by atoms with E-state index >= 15 is 0 Å². The minimum Gasteiger partial charge on any atom is -0.481 e. The molecule has 23 heavy (non-hydrogen) atoms. The number of nitrogens with zero attached hydrogens (tertiary/aromatic N) is 1.